The fourth-order valence-corrected chi connectivity index (χ4v) is 1.82. The van der Waals surface area contributed by atoms with Gasteiger partial charge in [-0.05, 0) is 12.0 Å². The van der Waals surface area contributed by atoms with Gasteiger partial charge in [0, 0.05) is 12.3 Å². The Hall–Kier alpha value is -1.31. The lowest BCUT2D eigenvalue weighted by Crippen LogP contribution is -2.12. The molecular weight excluding hydrogens is 212 g/mol. The number of esters is 1. The average molecular weight is 234 g/mol. The fourth-order valence-electron chi connectivity index (χ4n) is 1.82. The first kappa shape index (κ1) is 13.8. The zero-order valence-corrected chi connectivity index (χ0v) is 10.8. The molecule has 0 saturated heterocycles. The van der Waals surface area contributed by atoms with E-state index in [0.29, 0.717) is 18.9 Å². The SMILES string of the molecule is CCCCC(COC(=O)CC)c1ccccc1. The molecule has 0 heterocycles. The molecule has 0 N–H and O–H groups in total. The Labute approximate surface area is 104 Å². The monoisotopic (exact) mass is 234 g/mol. The highest BCUT2D eigenvalue weighted by molar-refractivity contribution is 5.68. The smallest absolute Gasteiger partial charge is 0.305 e. The summed E-state index contributed by atoms with van der Waals surface area (Å²) < 4.78 is 5.27. The van der Waals surface area contributed by atoms with Crippen molar-refractivity contribution in [1.82, 2.24) is 0 Å². The van der Waals surface area contributed by atoms with Crippen LogP contribution in [-0.4, -0.2) is 12.6 Å². The molecule has 0 saturated carbocycles. The summed E-state index contributed by atoms with van der Waals surface area (Å²) in [5.74, 6) is 0.231. The Morgan fingerprint density at radius 2 is 1.94 bits per heavy atom. The highest BCUT2D eigenvalue weighted by Gasteiger charge is 2.12. The van der Waals surface area contributed by atoms with Gasteiger partial charge in [0.2, 0.25) is 0 Å². The average Bonchev–Trinajstić information content (AvgIpc) is 2.39. The van der Waals surface area contributed by atoms with Gasteiger partial charge in [-0.3, -0.25) is 4.79 Å². The molecule has 1 unspecified atom stereocenters. The molecule has 0 spiro atoms. The van der Waals surface area contributed by atoms with Gasteiger partial charge in [-0.1, -0.05) is 57.0 Å². The molecular formula is C15H22O2. The van der Waals surface area contributed by atoms with Gasteiger partial charge in [0.25, 0.3) is 0 Å². The third-order valence-corrected chi connectivity index (χ3v) is 2.91. The van der Waals surface area contributed by atoms with Gasteiger partial charge < -0.3 is 4.74 Å². The van der Waals surface area contributed by atoms with E-state index in [1.54, 1.807) is 0 Å². The van der Waals surface area contributed by atoms with Crippen LogP contribution in [0.15, 0.2) is 30.3 Å². The molecule has 0 aliphatic rings. The van der Waals surface area contributed by atoms with E-state index in [2.05, 4.69) is 19.1 Å². The lowest BCUT2D eigenvalue weighted by molar-refractivity contribution is -0.143. The predicted molar refractivity (Wildman–Crippen MR) is 70.0 cm³/mol. The lowest BCUT2D eigenvalue weighted by Gasteiger charge is -2.17. The molecule has 2 heteroatoms. The highest BCUT2D eigenvalue weighted by atomic mass is 16.5. The zero-order valence-electron chi connectivity index (χ0n) is 10.8. The second kappa shape index (κ2) is 7.88. The first-order valence-corrected chi connectivity index (χ1v) is 6.48. The molecule has 0 fully saturated rings. The van der Waals surface area contributed by atoms with E-state index in [9.17, 15) is 4.79 Å². The van der Waals surface area contributed by atoms with E-state index in [4.69, 9.17) is 4.74 Å². The largest absolute Gasteiger partial charge is 0.465 e. The molecule has 94 valence electrons. The quantitative estimate of drug-likeness (QED) is 0.668. The molecule has 1 aromatic rings. The third kappa shape index (κ3) is 5.03. The van der Waals surface area contributed by atoms with Gasteiger partial charge in [0.15, 0.2) is 0 Å². The van der Waals surface area contributed by atoms with E-state index in [1.807, 2.05) is 25.1 Å². The van der Waals surface area contributed by atoms with Crippen LogP contribution in [0.5, 0.6) is 0 Å². The summed E-state index contributed by atoms with van der Waals surface area (Å²) in [6.07, 6.45) is 3.88. The van der Waals surface area contributed by atoms with E-state index < -0.39 is 0 Å². The van der Waals surface area contributed by atoms with E-state index >= 15 is 0 Å². The molecule has 0 bridgehead atoms. The molecule has 1 atom stereocenters. The molecule has 0 aliphatic heterocycles. The number of hydrogen-bond donors (Lipinski definition) is 0. The number of ether oxygens (including phenoxy) is 1. The van der Waals surface area contributed by atoms with E-state index in [-0.39, 0.29) is 5.97 Å². The summed E-state index contributed by atoms with van der Waals surface area (Å²) in [4.78, 5) is 11.2. The van der Waals surface area contributed by atoms with Crippen LogP contribution in [0, 0.1) is 0 Å². The number of benzene rings is 1. The molecule has 0 amide bonds. The van der Waals surface area contributed by atoms with Crippen LogP contribution in [-0.2, 0) is 9.53 Å². The van der Waals surface area contributed by atoms with Crippen molar-refractivity contribution < 1.29 is 9.53 Å². The van der Waals surface area contributed by atoms with Crippen LogP contribution < -0.4 is 0 Å². The van der Waals surface area contributed by atoms with Gasteiger partial charge in [-0.25, -0.2) is 0 Å². The second-order valence-corrected chi connectivity index (χ2v) is 4.29. The number of carbonyl (C=O) groups excluding carboxylic acids is 1. The van der Waals surface area contributed by atoms with Crippen molar-refractivity contribution in [1.29, 1.82) is 0 Å². The van der Waals surface area contributed by atoms with Gasteiger partial charge in [0.05, 0.1) is 6.61 Å². The van der Waals surface area contributed by atoms with Crippen LogP contribution in [0.2, 0.25) is 0 Å². The van der Waals surface area contributed by atoms with Crippen LogP contribution in [0.4, 0.5) is 0 Å². The summed E-state index contributed by atoms with van der Waals surface area (Å²) in [5.41, 5.74) is 1.27. The fraction of sp³-hybridized carbons (Fsp3) is 0.533. The normalized spacial score (nSPS) is 12.1. The molecule has 0 aromatic heterocycles. The Balaban J connectivity index is 2.57. The Kier molecular flexibility index (Phi) is 6.38. The Bertz CT molecular complexity index is 319. The van der Waals surface area contributed by atoms with Crippen LogP contribution in [0.3, 0.4) is 0 Å². The van der Waals surface area contributed by atoms with Gasteiger partial charge in [-0.2, -0.15) is 0 Å². The molecule has 0 aliphatic carbocycles. The Morgan fingerprint density at radius 3 is 2.53 bits per heavy atom. The Morgan fingerprint density at radius 1 is 1.24 bits per heavy atom. The van der Waals surface area contributed by atoms with Crippen molar-refractivity contribution in [2.45, 2.75) is 45.4 Å². The van der Waals surface area contributed by atoms with Crippen molar-refractivity contribution in [3.8, 4) is 0 Å². The molecule has 1 rings (SSSR count). The minimum Gasteiger partial charge on any atom is -0.465 e. The summed E-state index contributed by atoms with van der Waals surface area (Å²) in [7, 11) is 0. The first-order chi connectivity index (χ1) is 8.27. The highest BCUT2D eigenvalue weighted by Crippen LogP contribution is 2.22. The van der Waals surface area contributed by atoms with Crippen molar-refractivity contribution in [2.75, 3.05) is 6.61 Å². The van der Waals surface area contributed by atoms with E-state index in [0.717, 1.165) is 6.42 Å². The second-order valence-electron chi connectivity index (χ2n) is 4.29. The minimum atomic E-state index is -0.109. The van der Waals surface area contributed by atoms with Crippen LogP contribution >= 0.6 is 0 Å². The van der Waals surface area contributed by atoms with Crippen molar-refractivity contribution in [3.63, 3.8) is 0 Å². The van der Waals surface area contributed by atoms with Crippen molar-refractivity contribution >= 4 is 5.97 Å². The first-order valence-electron chi connectivity index (χ1n) is 6.48. The maximum absolute atomic E-state index is 11.2. The summed E-state index contributed by atoms with van der Waals surface area (Å²) in [6, 6.07) is 10.3. The third-order valence-electron chi connectivity index (χ3n) is 2.91. The van der Waals surface area contributed by atoms with Crippen molar-refractivity contribution in [3.05, 3.63) is 35.9 Å². The van der Waals surface area contributed by atoms with Crippen LogP contribution in [0.1, 0.15) is 51.0 Å². The standard InChI is InChI=1S/C15H22O2/c1-3-5-9-14(12-17-15(16)4-2)13-10-7-6-8-11-13/h6-8,10-11,14H,3-5,9,12H2,1-2H3. The summed E-state index contributed by atoms with van der Waals surface area (Å²) >= 11 is 0. The number of rotatable bonds is 7. The molecule has 0 radical (unpaired) electrons. The number of unbranched alkanes of at least 4 members (excludes halogenated alkanes) is 1. The molecule has 17 heavy (non-hydrogen) atoms. The maximum atomic E-state index is 11.2. The number of carbonyl (C=O) groups is 1. The predicted octanol–water partition coefficient (Wildman–Crippen LogP) is 3.91. The lowest BCUT2D eigenvalue weighted by atomic mass is 9.94. The zero-order chi connectivity index (χ0) is 12.5. The number of hydrogen-bond acceptors (Lipinski definition) is 2. The topological polar surface area (TPSA) is 26.3 Å². The maximum Gasteiger partial charge on any atom is 0.305 e. The molecule has 2 nitrogen and oxygen atoms in total. The van der Waals surface area contributed by atoms with Gasteiger partial charge in [-0.15, -0.1) is 0 Å². The van der Waals surface area contributed by atoms with Gasteiger partial charge >= 0.3 is 5.97 Å². The van der Waals surface area contributed by atoms with Crippen molar-refractivity contribution in [2.24, 2.45) is 0 Å². The molecule has 1 aromatic carbocycles. The van der Waals surface area contributed by atoms with Crippen LogP contribution in [0.25, 0.3) is 0 Å². The summed E-state index contributed by atoms with van der Waals surface area (Å²) in [5, 5.41) is 0. The minimum absolute atomic E-state index is 0.109. The summed E-state index contributed by atoms with van der Waals surface area (Å²) in [6.45, 7) is 4.52. The van der Waals surface area contributed by atoms with E-state index in [1.165, 1.54) is 18.4 Å². The van der Waals surface area contributed by atoms with Gasteiger partial charge in [0.1, 0.15) is 0 Å².